The lowest BCUT2D eigenvalue weighted by atomic mass is 10.00. The van der Waals surface area contributed by atoms with Crippen molar-refractivity contribution in [2.75, 3.05) is 6.54 Å². The van der Waals surface area contributed by atoms with Gasteiger partial charge >= 0.3 is 0 Å². The number of nitrogens with one attached hydrogen (secondary N) is 1. The molecule has 0 aliphatic heterocycles. The van der Waals surface area contributed by atoms with Crippen molar-refractivity contribution in [3.8, 4) is 0 Å². The topological polar surface area (TPSA) is 12.0 Å². The van der Waals surface area contributed by atoms with Gasteiger partial charge in [0.2, 0.25) is 0 Å². The molecule has 0 bridgehead atoms. The van der Waals surface area contributed by atoms with Gasteiger partial charge in [-0.2, -0.15) is 0 Å². The highest BCUT2D eigenvalue weighted by Crippen LogP contribution is 2.25. The molecule has 1 aromatic rings. The molecule has 0 fully saturated rings. The van der Waals surface area contributed by atoms with Crippen molar-refractivity contribution in [1.29, 1.82) is 0 Å². The molecule has 0 amide bonds. The van der Waals surface area contributed by atoms with Crippen molar-refractivity contribution in [2.24, 2.45) is 0 Å². The first kappa shape index (κ1) is 15.2. The molecule has 0 aromatic heterocycles. The largest absolute Gasteiger partial charge is 0.310 e. The number of benzene rings is 1. The van der Waals surface area contributed by atoms with Crippen molar-refractivity contribution in [2.45, 2.75) is 38.6 Å². The molecule has 1 aromatic carbocycles. The Kier molecular flexibility index (Phi) is 6.99. The molecule has 1 rings (SSSR count). The third-order valence-electron chi connectivity index (χ3n) is 2.88. The highest BCUT2D eigenvalue weighted by Gasteiger charge is 2.15. The van der Waals surface area contributed by atoms with E-state index in [1.165, 1.54) is 6.07 Å². The number of rotatable bonds is 8. The van der Waals surface area contributed by atoms with E-state index in [0.29, 0.717) is 10.6 Å². The summed E-state index contributed by atoms with van der Waals surface area (Å²) in [6.45, 7) is 6.69. The van der Waals surface area contributed by atoms with E-state index < -0.39 is 0 Å². The minimum atomic E-state index is -0.188. The molecule has 0 saturated carbocycles. The van der Waals surface area contributed by atoms with Gasteiger partial charge in [0, 0.05) is 16.6 Å². The van der Waals surface area contributed by atoms with Gasteiger partial charge in [-0.1, -0.05) is 24.6 Å². The Morgan fingerprint density at radius 2 is 2.28 bits per heavy atom. The van der Waals surface area contributed by atoms with Crippen LogP contribution in [0.25, 0.3) is 0 Å². The van der Waals surface area contributed by atoms with E-state index >= 15 is 0 Å². The van der Waals surface area contributed by atoms with Crippen LogP contribution in [-0.4, -0.2) is 6.54 Å². The van der Waals surface area contributed by atoms with Gasteiger partial charge in [-0.3, -0.25) is 0 Å². The maximum Gasteiger partial charge on any atom is 0.128 e. The third-order valence-corrected chi connectivity index (χ3v) is 3.11. The Morgan fingerprint density at radius 1 is 1.50 bits per heavy atom. The van der Waals surface area contributed by atoms with E-state index in [4.69, 9.17) is 11.6 Å². The van der Waals surface area contributed by atoms with Crippen LogP contribution in [0.2, 0.25) is 5.02 Å². The van der Waals surface area contributed by atoms with Gasteiger partial charge in [-0.25, -0.2) is 4.39 Å². The van der Waals surface area contributed by atoms with E-state index in [2.05, 4.69) is 18.8 Å². The lowest BCUT2D eigenvalue weighted by molar-refractivity contribution is 0.463. The molecular weight excluding hydrogens is 249 g/mol. The summed E-state index contributed by atoms with van der Waals surface area (Å²) in [4.78, 5) is 0. The number of hydrogen-bond acceptors (Lipinski definition) is 1. The molecule has 18 heavy (non-hydrogen) atoms. The summed E-state index contributed by atoms with van der Waals surface area (Å²) < 4.78 is 13.8. The third kappa shape index (κ3) is 4.79. The standard InChI is InChI=1S/C15H21ClFN/c1-3-5-6-7-15(18-10-4-2)13-11-12(16)8-9-14(13)17/h3,8-9,11,15,18H,1,4-7,10H2,2H3. The predicted molar refractivity (Wildman–Crippen MR) is 76.5 cm³/mol. The fourth-order valence-corrected chi connectivity index (χ4v) is 2.11. The second-order valence-electron chi connectivity index (χ2n) is 4.39. The van der Waals surface area contributed by atoms with Crippen LogP contribution in [0.4, 0.5) is 4.39 Å². The molecule has 3 heteroatoms. The first-order valence-corrected chi connectivity index (χ1v) is 6.86. The summed E-state index contributed by atoms with van der Waals surface area (Å²) in [5.41, 5.74) is 0.667. The van der Waals surface area contributed by atoms with Gasteiger partial charge in [-0.05, 0) is 50.4 Å². The summed E-state index contributed by atoms with van der Waals surface area (Å²) in [6, 6.07) is 4.77. The molecular formula is C15H21ClFN. The van der Waals surface area contributed by atoms with Crippen LogP contribution in [-0.2, 0) is 0 Å². The summed E-state index contributed by atoms with van der Waals surface area (Å²) >= 11 is 5.95. The first-order chi connectivity index (χ1) is 8.69. The smallest absolute Gasteiger partial charge is 0.128 e. The van der Waals surface area contributed by atoms with Crippen molar-refractivity contribution >= 4 is 11.6 Å². The minimum absolute atomic E-state index is 0.0311. The zero-order valence-corrected chi connectivity index (χ0v) is 11.6. The van der Waals surface area contributed by atoms with Crippen LogP contribution in [0.3, 0.4) is 0 Å². The molecule has 1 unspecified atom stereocenters. The van der Waals surface area contributed by atoms with Crippen LogP contribution in [0.1, 0.15) is 44.2 Å². The van der Waals surface area contributed by atoms with Crippen LogP contribution in [0.5, 0.6) is 0 Å². The summed E-state index contributed by atoms with van der Waals surface area (Å²) in [7, 11) is 0. The molecule has 0 aliphatic carbocycles. The van der Waals surface area contributed by atoms with Crippen molar-refractivity contribution in [3.05, 3.63) is 47.3 Å². The molecule has 100 valence electrons. The van der Waals surface area contributed by atoms with Gasteiger partial charge in [0.1, 0.15) is 5.82 Å². The Balaban J connectivity index is 2.78. The Labute approximate surface area is 114 Å². The van der Waals surface area contributed by atoms with Crippen LogP contribution >= 0.6 is 11.6 Å². The molecule has 0 saturated heterocycles. The highest BCUT2D eigenvalue weighted by molar-refractivity contribution is 6.30. The summed E-state index contributed by atoms with van der Waals surface area (Å²) in [6.07, 6.45) is 5.76. The zero-order valence-electron chi connectivity index (χ0n) is 10.9. The number of unbranched alkanes of at least 4 members (excludes halogenated alkanes) is 1. The monoisotopic (exact) mass is 269 g/mol. The molecule has 0 radical (unpaired) electrons. The van der Waals surface area contributed by atoms with Gasteiger partial charge in [0.25, 0.3) is 0 Å². The second kappa shape index (κ2) is 8.28. The van der Waals surface area contributed by atoms with Gasteiger partial charge in [0.15, 0.2) is 0 Å². The fourth-order valence-electron chi connectivity index (χ4n) is 1.93. The number of hydrogen-bond donors (Lipinski definition) is 1. The van der Waals surface area contributed by atoms with E-state index in [0.717, 1.165) is 32.2 Å². The molecule has 0 spiro atoms. The van der Waals surface area contributed by atoms with Crippen molar-refractivity contribution in [1.82, 2.24) is 5.32 Å². The zero-order chi connectivity index (χ0) is 13.4. The van der Waals surface area contributed by atoms with Crippen LogP contribution in [0.15, 0.2) is 30.9 Å². The minimum Gasteiger partial charge on any atom is -0.310 e. The van der Waals surface area contributed by atoms with E-state index in [1.807, 2.05) is 6.08 Å². The van der Waals surface area contributed by atoms with Crippen LogP contribution in [0, 0.1) is 5.82 Å². The maximum atomic E-state index is 13.8. The lowest BCUT2D eigenvalue weighted by Crippen LogP contribution is -2.23. The number of halogens is 2. The average Bonchev–Trinajstić information content (AvgIpc) is 2.37. The summed E-state index contributed by atoms with van der Waals surface area (Å²) in [5, 5.41) is 3.96. The van der Waals surface area contributed by atoms with E-state index in [1.54, 1.807) is 12.1 Å². The van der Waals surface area contributed by atoms with Crippen molar-refractivity contribution in [3.63, 3.8) is 0 Å². The number of allylic oxidation sites excluding steroid dienone is 1. The maximum absolute atomic E-state index is 13.8. The predicted octanol–water partition coefficient (Wildman–Crippen LogP) is 4.88. The van der Waals surface area contributed by atoms with Gasteiger partial charge in [0.05, 0.1) is 0 Å². The summed E-state index contributed by atoms with van der Waals surface area (Å²) in [5.74, 6) is -0.188. The van der Waals surface area contributed by atoms with Crippen molar-refractivity contribution < 1.29 is 4.39 Å². The van der Waals surface area contributed by atoms with Crippen LogP contribution < -0.4 is 5.32 Å². The molecule has 1 N–H and O–H groups in total. The second-order valence-corrected chi connectivity index (χ2v) is 4.83. The normalized spacial score (nSPS) is 12.4. The van der Waals surface area contributed by atoms with E-state index in [9.17, 15) is 4.39 Å². The van der Waals surface area contributed by atoms with E-state index in [-0.39, 0.29) is 11.9 Å². The molecule has 1 nitrogen and oxygen atoms in total. The quantitative estimate of drug-likeness (QED) is 0.524. The molecule has 0 heterocycles. The lowest BCUT2D eigenvalue weighted by Gasteiger charge is -2.19. The average molecular weight is 270 g/mol. The molecule has 0 aliphatic rings. The SMILES string of the molecule is C=CCCCC(NCCC)c1cc(Cl)ccc1F. The Morgan fingerprint density at radius 3 is 2.94 bits per heavy atom. The highest BCUT2D eigenvalue weighted by atomic mass is 35.5. The Bertz CT molecular complexity index is 379. The molecule has 1 atom stereocenters. The Hall–Kier alpha value is -0.860. The first-order valence-electron chi connectivity index (χ1n) is 6.48. The van der Waals surface area contributed by atoms with Gasteiger partial charge < -0.3 is 5.32 Å². The van der Waals surface area contributed by atoms with Gasteiger partial charge in [-0.15, -0.1) is 6.58 Å². The fraction of sp³-hybridized carbons (Fsp3) is 0.467.